The molecule has 4 aliphatic heterocycles. The molecule has 22 heteroatoms. The fraction of sp³-hybridized carbons (Fsp3) is 1.00. The summed E-state index contributed by atoms with van der Waals surface area (Å²) in [6.07, 6.45) is -33.0. The molecule has 16 N–H and O–H groups in total. The summed E-state index contributed by atoms with van der Waals surface area (Å²) in [7, 11) is 0. The van der Waals surface area contributed by atoms with Crippen molar-refractivity contribution in [2.75, 3.05) is 19.8 Å². The van der Waals surface area contributed by atoms with E-state index < -0.39 is 173 Å². The van der Waals surface area contributed by atoms with Crippen LogP contribution in [0.1, 0.15) is 32.1 Å². The second kappa shape index (κ2) is 18.2. The van der Waals surface area contributed by atoms with E-state index >= 15 is 0 Å². The zero-order valence-electron chi connectivity index (χ0n) is 29.7. The quantitative estimate of drug-likeness (QED) is 0.0911. The van der Waals surface area contributed by atoms with Crippen molar-refractivity contribution in [1.29, 1.82) is 0 Å². The maximum Gasteiger partial charge on any atom is 0.187 e. The molecule has 2 saturated carbocycles. The van der Waals surface area contributed by atoms with Gasteiger partial charge in [-0.05, 0) is 19.3 Å². The van der Waals surface area contributed by atoms with E-state index in [0.717, 1.165) is 0 Å². The van der Waals surface area contributed by atoms with Crippen molar-refractivity contribution in [3.63, 3.8) is 0 Å². The summed E-state index contributed by atoms with van der Waals surface area (Å²) in [5, 5.41) is 156. The van der Waals surface area contributed by atoms with Gasteiger partial charge in [0.15, 0.2) is 31.1 Å². The monoisotopic (exact) mass is 805 g/mol. The second-order valence-corrected chi connectivity index (χ2v) is 15.6. The molecule has 22 nitrogen and oxygen atoms in total. The SMILES string of the molecule is OCC1OC(OC2CC(O)C3CC(OC4OC(CO)C(O)C(O)C4O)C(C4CC(O)C(O)C(OC5OC(CO)C(O)C(O)C5O)C4)[OH+]C3C2)C(O)C(O)C1O. The van der Waals surface area contributed by atoms with Gasteiger partial charge in [0.05, 0.1) is 50.2 Å². The van der Waals surface area contributed by atoms with Gasteiger partial charge in [0, 0.05) is 18.8 Å². The number of aliphatic hydroxyl groups excluding tert-OH is 15. The van der Waals surface area contributed by atoms with Crippen molar-refractivity contribution < 1.29 is 110 Å². The molecule has 6 rings (SSSR count). The Morgan fingerprint density at radius 1 is 0.436 bits per heavy atom. The minimum atomic E-state index is -1.81. The van der Waals surface area contributed by atoms with Crippen LogP contribution in [0.3, 0.4) is 0 Å². The van der Waals surface area contributed by atoms with Crippen LogP contribution in [0, 0.1) is 11.8 Å². The van der Waals surface area contributed by atoms with E-state index in [1.54, 1.807) is 0 Å². The average Bonchev–Trinajstić information content (AvgIpc) is 3.16. The summed E-state index contributed by atoms with van der Waals surface area (Å²) in [4.78, 5) is 0. The molecule has 25 unspecified atom stereocenters. The van der Waals surface area contributed by atoms with Gasteiger partial charge >= 0.3 is 0 Å². The molecule has 0 aromatic rings. The molecule has 55 heavy (non-hydrogen) atoms. The first-order chi connectivity index (χ1) is 26.1. The van der Waals surface area contributed by atoms with E-state index in [0.29, 0.717) is 0 Å². The predicted molar refractivity (Wildman–Crippen MR) is 174 cm³/mol. The molecule has 6 fully saturated rings. The highest BCUT2D eigenvalue weighted by Gasteiger charge is 2.57. The van der Waals surface area contributed by atoms with Gasteiger partial charge < -0.3 is 110 Å². The second-order valence-electron chi connectivity index (χ2n) is 15.6. The van der Waals surface area contributed by atoms with E-state index in [4.69, 9.17) is 33.2 Å². The third-order valence-corrected chi connectivity index (χ3v) is 12.1. The van der Waals surface area contributed by atoms with E-state index in [-0.39, 0.29) is 32.1 Å². The third-order valence-electron chi connectivity index (χ3n) is 12.1. The van der Waals surface area contributed by atoms with Crippen molar-refractivity contribution in [1.82, 2.24) is 0 Å². The Labute approximate surface area is 314 Å². The first-order valence-electron chi connectivity index (χ1n) is 18.7. The largest absolute Gasteiger partial charge is 0.427 e. The van der Waals surface area contributed by atoms with E-state index in [1.165, 1.54) is 0 Å². The summed E-state index contributed by atoms with van der Waals surface area (Å²) < 4.78 is 39.7. The topological polar surface area (TPSA) is 372 Å². The molecule has 6 aliphatic rings. The standard InChI is InChI=1S/C33H56O22/c34-6-17-21(40)24(43)27(46)31(53-17)49-10-3-12(37)11-5-16(52-33-29(48)26(45)23(42)19(8-36)55-33)30(50-14(11)4-10)9-1-13(38)20(39)15(2-9)51-32-28(47)25(44)22(41)18(7-35)54-32/h9-48H,1-8H2/p+1. The lowest BCUT2D eigenvalue weighted by Gasteiger charge is -2.50. The van der Waals surface area contributed by atoms with Gasteiger partial charge in [-0.15, -0.1) is 0 Å². The van der Waals surface area contributed by atoms with Crippen LogP contribution in [-0.4, -0.2) is 242 Å². The van der Waals surface area contributed by atoms with Crippen LogP contribution in [-0.2, 0) is 28.4 Å². The van der Waals surface area contributed by atoms with Gasteiger partial charge in [-0.3, -0.25) is 0 Å². The van der Waals surface area contributed by atoms with Crippen LogP contribution in [0.25, 0.3) is 0 Å². The molecule has 4 saturated heterocycles. The van der Waals surface area contributed by atoms with E-state index in [2.05, 4.69) is 0 Å². The molecule has 25 atom stereocenters. The first kappa shape index (κ1) is 43.7. The normalized spacial score (nSPS) is 55.1. The van der Waals surface area contributed by atoms with Crippen LogP contribution >= 0.6 is 0 Å². The third kappa shape index (κ3) is 8.87. The minimum absolute atomic E-state index is 0.00745. The molecule has 0 amide bonds. The number of fused-ring (bicyclic) bond motifs is 1. The Hall–Kier alpha value is -0.880. The molecule has 0 aromatic heterocycles. The predicted octanol–water partition coefficient (Wildman–Crippen LogP) is -8.89. The van der Waals surface area contributed by atoms with Crippen LogP contribution in [0.4, 0.5) is 0 Å². The first-order valence-corrected chi connectivity index (χ1v) is 18.7. The lowest BCUT2D eigenvalue weighted by atomic mass is 9.72. The highest BCUT2D eigenvalue weighted by Crippen LogP contribution is 2.44. The molecule has 4 heterocycles. The molecular formula is C33H57O22+. The van der Waals surface area contributed by atoms with Gasteiger partial charge in [-0.25, -0.2) is 0 Å². The van der Waals surface area contributed by atoms with Gasteiger partial charge in [0.25, 0.3) is 0 Å². The van der Waals surface area contributed by atoms with Crippen molar-refractivity contribution in [2.24, 2.45) is 11.8 Å². The summed E-state index contributed by atoms with van der Waals surface area (Å²) in [5.74, 6) is -1.32. The van der Waals surface area contributed by atoms with Crippen LogP contribution in [0.15, 0.2) is 0 Å². The Kier molecular flexibility index (Phi) is 14.4. The molecule has 320 valence electrons. The fourth-order valence-electron chi connectivity index (χ4n) is 8.84. The average molecular weight is 806 g/mol. The van der Waals surface area contributed by atoms with E-state index in [9.17, 15) is 76.6 Å². The maximum absolute atomic E-state index is 11.4. The Morgan fingerprint density at radius 2 is 0.891 bits per heavy atom. The molecule has 0 spiro atoms. The summed E-state index contributed by atoms with van der Waals surface area (Å²) in [5.41, 5.74) is 0. The summed E-state index contributed by atoms with van der Waals surface area (Å²) in [6.45, 7) is -2.15. The highest BCUT2D eigenvalue weighted by molar-refractivity contribution is 5.01. The van der Waals surface area contributed by atoms with Crippen LogP contribution in [0.2, 0.25) is 0 Å². The van der Waals surface area contributed by atoms with Crippen LogP contribution < -0.4 is 0 Å². The minimum Gasteiger partial charge on any atom is -0.427 e. The van der Waals surface area contributed by atoms with E-state index in [1.807, 2.05) is 0 Å². The Bertz CT molecular complexity index is 1220. The van der Waals surface area contributed by atoms with Gasteiger partial charge in [0.1, 0.15) is 85.5 Å². The summed E-state index contributed by atoms with van der Waals surface area (Å²) in [6, 6.07) is 0. The van der Waals surface area contributed by atoms with Crippen molar-refractivity contribution >= 4 is 0 Å². The lowest BCUT2D eigenvalue weighted by Crippen LogP contribution is -2.64. The molecule has 0 bridgehead atoms. The smallest absolute Gasteiger partial charge is 0.187 e. The fourth-order valence-corrected chi connectivity index (χ4v) is 8.84. The van der Waals surface area contributed by atoms with Crippen molar-refractivity contribution in [3.05, 3.63) is 0 Å². The van der Waals surface area contributed by atoms with Gasteiger partial charge in [-0.1, -0.05) is 0 Å². The van der Waals surface area contributed by atoms with Crippen LogP contribution in [0.5, 0.6) is 0 Å². The van der Waals surface area contributed by atoms with Gasteiger partial charge in [-0.2, -0.15) is 0 Å². The van der Waals surface area contributed by atoms with Crippen molar-refractivity contribution in [2.45, 2.75) is 173 Å². The maximum atomic E-state index is 11.4. The Morgan fingerprint density at radius 3 is 1.36 bits per heavy atom. The zero-order chi connectivity index (χ0) is 40.0. The zero-order valence-corrected chi connectivity index (χ0v) is 29.7. The summed E-state index contributed by atoms with van der Waals surface area (Å²) >= 11 is 0. The number of rotatable bonds is 10. The number of hydrogen-bond acceptors (Lipinski definition) is 21. The molecular weight excluding hydrogens is 748 g/mol. The number of ether oxygens (including phenoxy) is 7. The van der Waals surface area contributed by atoms with Crippen molar-refractivity contribution in [3.8, 4) is 0 Å². The number of hydrogen-bond donors (Lipinski definition) is 15. The molecule has 2 aliphatic carbocycles. The molecule has 0 radical (unpaired) electrons. The Balaban J connectivity index is 1.23. The highest BCUT2D eigenvalue weighted by atomic mass is 16.7. The lowest BCUT2D eigenvalue weighted by molar-refractivity contribution is -0.365. The molecule has 0 aromatic carbocycles. The number of aliphatic hydroxyl groups is 17. The van der Waals surface area contributed by atoms with Gasteiger partial charge in [0.2, 0.25) is 0 Å².